The number of nitrogens with one attached hydrogen (secondary N) is 1. The number of nitrogens with zero attached hydrogens (tertiary/aromatic N) is 3. The van der Waals surface area contributed by atoms with E-state index in [1.165, 1.54) is 5.52 Å². The molecule has 2 aromatic rings. The topological polar surface area (TPSA) is 50.2 Å². The maximum absolute atomic E-state index is 12.4. The molecule has 5 nitrogen and oxygen atoms in total. The van der Waals surface area contributed by atoms with E-state index in [0.717, 1.165) is 56.8 Å². The first-order valence-electron chi connectivity index (χ1n) is 8.77. The standard InChI is InChI=1S/C18H24N4O/c1-2-22-16-8-4-3-7-15(16)20-18(22)21-11-5-6-13(12-21)17(23)19-14-9-10-14/h3-4,7-8,13-14H,2,5-6,9-12H2,1H3,(H,19,23)/t13-/m0/s1. The normalized spacial score (nSPS) is 21.6. The van der Waals surface area contributed by atoms with Crippen molar-refractivity contribution in [1.82, 2.24) is 14.9 Å². The van der Waals surface area contributed by atoms with Crippen LogP contribution in [0.5, 0.6) is 0 Å². The zero-order valence-electron chi connectivity index (χ0n) is 13.7. The highest BCUT2D eigenvalue weighted by atomic mass is 16.2. The fraction of sp³-hybridized carbons (Fsp3) is 0.556. The van der Waals surface area contributed by atoms with E-state index in [0.29, 0.717) is 6.04 Å². The van der Waals surface area contributed by atoms with Gasteiger partial charge in [0.2, 0.25) is 11.9 Å². The van der Waals surface area contributed by atoms with Crippen molar-refractivity contribution < 1.29 is 4.79 Å². The number of benzene rings is 1. The molecule has 1 saturated carbocycles. The zero-order chi connectivity index (χ0) is 15.8. The van der Waals surface area contributed by atoms with Crippen molar-refractivity contribution in [1.29, 1.82) is 0 Å². The highest BCUT2D eigenvalue weighted by Gasteiger charge is 2.31. The van der Waals surface area contributed by atoms with Gasteiger partial charge in [0.15, 0.2) is 0 Å². The lowest BCUT2D eigenvalue weighted by atomic mass is 9.97. The molecule has 4 rings (SSSR count). The van der Waals surface area contributed by atoms with Crippen molar-refractivity contribution in [3.63, 3.8) is 0 Å². The fourth-order valence-corrected chi connectivity index (χ4v) is 3.54. The second-order valence-corrected chi connectivity index (χ2v) is 6.71. The first-order chi connectivity index (χ1) is 11.3. The average Bonchev–Trinajstić information content (AvgIpc) is 3.32. The highest BCUT2D eigenvalue weighted by Crippen LogP contribution is 2.28. The maximum Gasteiger partial charge on any atom is 0.225 e. The van der Waals surface area contributed by atoms with E-state index < -0.39 is 0 Å². The van der Waals surface area contributed by atoms with Crippen LogP contribution in [0.15, 0.2) is 24.3 Å². The molecule has 1 N–H and O–H groups in total. The van der Waals surface area contributed by atoms with Crippen molar-refractivity contribution in [2.75, 3.05) is 18.0 Å². The highest BCUT2D eigenvalue weighted by molar-refractivity contribution is 5.81. The summed E-state index contributed by atoms with van der Waals surface area (Å²) in [6, 6.07) is 8.71. The summed E-state index contributed by atoms with van der Waals surface area (Å²) in [5.74, 6) is 1.34. The molecule has 5 heteroatoms. The van der Waals surface area contributed by atoms with Gasteiger partial charge in [0.25, 0.3) is 0 Å². The number of aryl methyl sites for hydroxylation is 1. The van der Waals surface area contributed by atoms with Crippen molar-refractivity contribution in [3.05, 3.63) is 24.3 Å². The molecule has 23 heavy (non-hydrogen) atoms. The van der Waals surface area contributed by atoms with Gasteiger partial charge in [0, 0.05) is 25.7 Å². The van der Waals surface area contributed by atoms with E-state index in [2.05, 4.69) is 39.9 Å². The monoisotopic (exact) mass is 312 g/mol. The van der Waals surface area contributed by atoms with Crippen LogP contribution >= 0.6 is 0 Å². The molecule has 2 fully saturated rings. The zero-order valence-corrected chi connectivity index (χ0v) is 13.7. The van der Waals surface area contributed by atoms with Crippen molar-refractivity contribution >= 4 is 22.9 Å². The van der Waals surface area contributed by atoms with E-state index in [4.69, 9.17) is 4.98 Å². The SMILES string of the molecule is CCn1c(N2CCC[C@H](C(=O)NC3CC3)C2)nc2ccccc21. The molecular formula is C18H24N4O. The van der Waals surface area contributed by atoms with Crippen LogP contribution in [0.25, 0.3) is 11.0 Å². The number of rotatable bonds is 4. The molecule has 0 radical (unpaired) electrons. The Kier molecular flexibility index (Phi) is 3.71. The van der Waals surface area contributed by atoms with E-state index in [-0.39, 0.29) is 11.8 Å². The molecule has 0 spiro atoms. The minimum atomic E-state index is 0.0921. The molecule has 1 amide bonds. The third kappa shape index (κ3) is 2.80. The molecule has 0 bridgehead atoms. The molecule has 1 aromatic carbocycles. The average molecular weight is 312 g/mol. The Bertz CT molecular complexity index is 719. The van der Waals surface area contributed by atoms with E-state index in [1.54, 1.807) is 0 Å². The van der Waals surface area contributed by atoms with Crippen molar-refractivity contribution in [2.45, 2.75) is 45.2 Å². The molecule has 1 saturated heterocycles. The molecule has 1 aliphatic carbocycles. The summed E-state index contributed by atoms with van der Waals surface area (Å²) in [5, 5.41) is 3.16. The molecule has 2 aliphatic rings. The molecule has 1 aromatic heterocycles. The van der Waals surface area contributed by atoms with Crippen LogP contribution in [0, 0.1) is 5.92 Å². The summed E-state index contributed by atoms with van der Waals surface area (Å²) in [4.78, 5) is 19.5. The summed E-state index contributed by atoms with van der Waals surface area (Å²) in [6.07, 6.45) is 4.33. The van der Waals surface area contributed by atoms with Gasteiger partial charge in [-0.1, -0.05) is 12.1 Å². The number of hydrogen-bond acceptors (Lipinski definition) is 3. The first-order valence-corrected chi connectivity index (χ1v) is 8.77. The predicted molar refractivity (Wildman–Crippen MR) is 91.5 cm³/mol. The van der Waals surface area contributed by atoms with Crippen molar-refractivity contribution in [3.8, 4) is 0 Å². The quantitative estimate of drug-likeness (QED) is 0.944. The van der Waals surface area contributed by atoms with Gasteiger partial charge in [-0.05, 0) is 44.7 Å². The summed E-state index contributed by atoms with van der Waals surface area (Å²) in [6.45, 7) is 4.81. The summed E-state index contributed by atoms with van der Waals surface area (Å²) in [7, 11) is 0. The minimum absolute atomic E-state index is 0.0921. The number of piperidine rings is 1. The lowest BCUT2D eigenvalue weighted by Gasteiger charge is -2.33. The van der Waals surface area contributed by atoms with E-state index >= 15 is 0 Å². The van der Waals surface area contributed by atoms with Crippen LogP contribution in [-0.4, -0.2) is 34.6 Å². The summed E-state index contributed by atoms with van der Waals surface area (Å²) < 4.78 is 2.26. The summed E-state index contributed by atoms with van der Waals surface area (Å²) in [5.41, 5.74) is 2.21. The second kappa shape index (κ2) is 5.87. The van der Waals surface area contributed by atoms with Gasteiger partial charge in [-0.25, -0.2) is 4.98 Å². The number of anilines is 1. The maximum atomic E-state index is 12.4. The Labute approximate surface area is 136 Å². The third-order valence-corrected chi connectivity index (χ3v) is 4.95. The van der Waals surface area contributed by atoms with Crippen molar-refractivity contribution in [2.24, 2.45) is 5.92 Å². The lowest BCUT2D eigenvalue weighted by molar-refractivity contribution is -0.125. The Balaban J connectivity index is 1.58. The minimum Gasteiger partial charge on any atom is -0.353 e. The van der Waals surface area contributed by atoms with E-state index in [1.807, 2.05) is 6.07 Å². The predicted octanol–water partition coefficient (Wildman–Crippen LogP) is 2.55. The second-order valence-electron chi connectivity index (χ2n) is 6.71. The molecule has 1 atom stereocenters. The third-order valence-electron chi connectivity index (χ3n) is 4.95. The van der Waals surface area contributed by atoms with Crippen LogP contribution in [-0.2, 0) is 11.3 Å². The van der Waals surface area contributed by atoms with E-state index in [9.17, 15) is 4.79 Å². The number of carbonyl (C=O) groups excluding carboxylic acids is 1. The smallest absolute Gasteiger partial charge is 0.225 e. The summed E-state index contributed by atoms with van der Waals surface area (Å²) >= 11 is 0. The number of para-hydroxylation sites is 2. The Morgan fingerprint density at radius 1 is 1.30 bits per heavy atom. The molecule has 1 aliphatic heterocycles. The molecular weight excluding hydrogens is 288 g/mol. The number of hydrogen-bond donors (Lipinski definition) is 1. The van der Waals surface area contributed by atoms with Crippen LogP contribution in [0.2, 0.25) is 0 Å². The fourth-order valence-electron chi connectivity index (χ4n) is 3.54. The Morgan fingerprint density at radius 2 is 2.13 bits per heavy atom. The Hall–Kier alpha value is -2.04. The number of fused-ring (bicyclic) bond motifs is 1. The largest absolute Gasteiger partial charge is 0.353 e. The lowest BCUT2D eigenvalue weighted by Crippen LogP contribution is -2.44. The molecule has 2 heterocycles. The number of aromatic nitrogens is 2. The molecule has 122 valence electrons. The number of amides is 1. The molecule has 0 unspecified atom stereocenters. The number of carbonyl (C=O) groups is 1. The first kappa shape index (κ1) is 14.5. The van der Waals surface area contributed by atoms with Gasteiger partial charge in [-0.15, -0.1) is 0 Å². The van der Waals surface area contributed by atoms with Gasteiger partial charge in [-0.2, -0.15) is 0 Å². The van der Waals surface area contributed by atoms with Gasteiger partial charge in [0.1, 0.15) is 0 Å². The van der Waals surface area contributed by atoms with Gasteiger partial charge in [0.05, 0.1) is 17.0 Å². The Morgan fingerprint density at radius 3 is 2.91 bits per heavy atom. The number of imidazole rings is 1. The van der Waals surface area contributed by atoms with Crippen LogP contribution in [0.1, 0.15) is 32.6 Å². The van der Waals surface area contributed by atoms with Gasteiger partial charge in [-0.3, -0.25) is 4.79 Å². The van der Waals surface area contributed by atoms with Crippen LogP contribution < -0.4 is 10.2 Å². The van der Waals surface area contributed by atoms with Gasteiger partial charge < -0.3 is 14.8 Å². The van der Waals surface area contributed by atoms with Gasteiger partial charge >= 0.3 is 0 Å². The van der Waals surface area contributed by atoms with Crippen LogP contribution in [0.4, 0.5) is 5.95 Å². The van der Waals surface area contributed by atoms with Crippen LogP contribution in [0.3, 0.4) is 0 Å².